The summed E-state index contributed by atoms with van der Waals surface area (Å²) in [4.78, 5) is 1.95. The summed E-state index contributed by atoms with van der Waals surface area (Å²) in [6.07, 6.45) is -0.498. The Kier molecular flexibility index (Phi) is 3.26. The zero-order valence-corrected chi connectivity index (χ0v) is 6.48. The monoisotopic (exact) mass is 161 g/mol. The van der Waals surface area contributed by atoms with Gasteiger partial charge in [0.25, 0.3) is 0 Å². The molecule has 11 heavy (non-hydrogen) atoms. The van der Waals surface area contributed by atoms with Crippen molar-refractivity contribution in [3.8, 4) is 0 Å². The van der Waals surface area contributed by atoms with E-state index in [-0.39, 0.29) is 6.61 Å². The number of hydrogen-bond acceptors (Lipinski definition) is 4. The molecular formula is C7H15NO3. The first-order valence-corrected chi connectivity index (χ1v) is 3.93. The highest BCUT2D eigenvalue weighted by molar-refractivity contribution is 4.82. The second-order valence-electron chi connectivity index (χ2n) is 2.97. The third kappa shape index (κ3) is 2.41. The predicted octanol–water partition coefficient (Wildman–Crippen LogP) is -1.59. The maximum absolute atomic E-state index is 9.11. The van der Waals surface area contributed by atoms with Crippen molar-refractivity contribution in [1.82, 2.24) is 4.90 Å². The minimum Gasteiger partial charge on any atom is -0.396 e. The van der Waals surface area contributed by atoms with E-state index < -0.39 is 12.2 Å². The standard InChI is InChI=1S/C7H15NO3/c9-3-1-2-8-4-6(10)7(11)5-8/h6-7,9-11H,1-5H2. The van der Waals surface area contributed by atoms with Crippen molar-refractivity contribution in [2.24, 2.45) is 0 Å². The molecule has 0 aliphatic carbocycles. The van der Waals surface area contributed by atoms with Crippen molar-refractivity contribution in [2.75, 3.05) is 26.2 Å². The Balaban J connectivity index is 2.18. The van der Waals surface area contributed by atoms with Crippen molar-refractivity contribution in [3.63, 3.8) is 0 Å². The van der Waals surface area contributed by atoms with Crippen LogP contribution in [0, 0.1) is 0 Å². The van der Waals surface area contributed by atoms with Crippen LogP contribution in [-0.2, 0) is 0 Å². The second kappa shape index (κ2) is 4.01. The lowest BCUT2D eigenvalue weighted by Crippen LogP contribution is -2.23. The summed E-state index contributed by atoms with van der Waals surface area (Å²) >= 11 is 0. The number of hydrogen-bond donors (Lipinski definition) is 3. The Morgan fingerprint density at radius 1 is 1.18 bits per heavy atom. The van der Waals surface area contributed by atoms with E-state index in [1.807, 2.05) is 4.90 Å². The first kappa shape index (κ1) is 8.93. The normalized spacial score (nSPS) is 33.0. The molecule has 2 atom stereocenters. The molecule has 0 bridgehead atoms. The molecule has 2 unspecified atom stereocenters. The fourth-order valence-corrected chi connectivity index (χ4v) is 1.32. The van der Waals surface area contributed by atoms with E-state index in [0.717, 1.165) is 6.54 Å². The number of aliphatic hydroxyl groups is 3. The molecule has 1 heterocycles. The van der Waals surface area contributed by atoms with Crippen LogP contribution in [0.25, 0.3) is 0 Å². The minimum atomic E-state index is -0.603. The molecule has 0 saturated carbocycles. The molecule has 66 valence electrons. The highest BCUT2D eigenvalue weighted by Crippen LogP contribution is 2.09. The Bertz CT molecular complexity index is 110. The minimum absolute atomic E-state index is 0.169. The van der Waals surface area contributed by atoms with Crippen LogP contribution in [0.2, 0.25) is 0 Å². The van der Waals surface area contributed by atoms with Crippen molar-refractivity contribution < 1.29 is 15.3 Å². The van der Waals surface area contributed by atoms with Crippen molar-refractivity contribution in [1.29, 1.82) is 0 Å². The summed E-state index contributed by atoms with van der Waals surface area (Å²) in [6, 6.07) is 0. The molecule has 1 fully saturated rings. The van der Waals surface area contributed by atoms with E-state index >= 15 is 0 Å². The molecule has 0 aromatic heterocycles. The zero-order chi connectivity index (χ0) is 8.27. The average molecular weight is 161 g/mol. The molecule has 1 rings (SSSR count). The van der Waals surface area contributed by atoms with Gasteiger partial charge in [0.2, 0.25) is 0 Å². The van der Waals surface area contributed by atoms with Crippen LogP contribution in [0.4, 0.5) is 0 Å². The van der Waals surface area contributed by atoms with Gasteiger partial charge in [-0.25, -0.2) is 0 Å². The molecular weight excluding hydrogens is 146 g/mol. The van der Waals surface area contributed by atoms with Crippen LogP contribution in [-0.4, -0.2) is 58.7 Å². The zero-order valence-electron chi connectivity index (χ0n) is 6.48. The fourth-order valence-electron chi connectivity index (χ4n) is 1.32. The molecule has 0 spiro atoms. The van der Waals surface area contributed by atoms with Gasteiger partial charge in [-0.05, 0) is 6.42 Å². The average Bonchev–Trinajstić information content (AvgIpc) is 2.28. The summed E-state index contributed by atoms with van der Waals surface area (Å²) in [5.74, 6) is 0. The van der Waals surface area contributed by atoms with E-state index in [2.05, 4.69) is 0 Å². The van der Waals surface area contributed by atoms with Crippen molar-refractivity contribution >= 4 is 0 Å². The lowest BCUT2D eigenvalue weighted by atomic mass is 10.3. The van der Waals surface area contributed by atoms with Gasteiger partial charge >= 0.3 is 0 Å². The molecule has 4 nitrogen and oxygen atoms in total. The smallest absolute Gasteiger partial charge is 0.0938 e. The van der Waals surface area contributed by atoms with Gasteiger partial charge in [-0.15, -0.1) is 0 Å². The van der Waals surface area contributed by atoms with Crippen molar-refractivity contribution in [3.05, 3.63) is 0 Å². The Hall–Kier alpha value is -0.160. The van der Waals surface area contributed by atoms with Gasteiger partial charge in [0.05, 0.1) is 12.2 Å². The molecule has 1 saturated heterocycles. The molecule has 1 aliphatic heterocycles. The highest BCUT2D eigenvalue weighted by atomic mass is 16.3. The predicted molar refractivity (Wildman–Crippen MR) is 40.2 cm³/mol. The van der Waals surface area contributed by atoms with Crippen LogP contribution >= 0.6 is 0 Å². The summed E-state index contributed by atoms with van der Waals surface area (Å²) < 4.78 is 0. The number of rotatable bonds is 3. The molecule has 4 heteroatoms. The third-order valence-corrected chi connectivity index (χ3v) is 1.97. The lowest BCUT2D eigenvalue weighted by Gasteiger charge is -2.12. The number of β-amino-alcohol motifs (C(OH)–C–C–N with tert-alkyl or cyclic N) is 2. The van der Waals surface area contributed by atoms with E-state index in [0.29, 0.717) is 19.5 Å². The molecule has 0 amide bonds. The first-order valence-electron chi connectivity index (χ1n) is 3.93. The number of likely N-dealkylation sites (tertiary alicyclic amines) is 1. The van der Waals surface area contributed by atoms with Gasteiger partial charge in [0, 0.05) is 26.2 Å². The Morgan fingerprint density at radius 3 is 2.18 bits per heavy atom. The van der Waals surface area contributed by atoms with Crippen molar-refractivity contribution in [2.45, 2.75) is 18.6 Å². The molecule has 0 aromatic carbocycles. The molecule has 1 aliphatic rings. The molecule has 3 N–H and O–H groups in total. The van der Waals surface area contributed by atoms with Gasteiger partial charge in [-0.2, -0.15) is 0 Å². The number of aliphatic hydroxyl groups excluding tert-OH is 3. The van der Waals surface area contributed by atoms with Gasteiger partial charge < -0.3 is 15.3 Å². The first-order chi connectivity index (χ1) is 5.24. The van der Waals surface area contributed by atoms with Gasteiger partial charge in [0.15, 0.2) is 0 Å². The van der Waals surface area contributed by atoms with Gasteiger partial charge in [0.1, 0.15) is 0 Å². The van der Waals surface area contributed by atoms with Gasteiger partial charge in [-0.1, -0.05) is 0 Å². The van der Waals surface area contributed by atoms with E-state index in [4.69, 9.17) is 15.3 Å². The Labute approximate surface area is 66.1 Å². The van der Waals surface area contributed by atoms with Crippen LogP contribution < -0.4 is 0 Å². The summed E-state index contributed by atoms with van der Waals surface area (Å²) in [6.45, 7) is 1.98. The Morgan fingerprint density at radius 2 is 1.73 bits per heavy atom. The summed E-state index contributed by atoms with van der Waals surface area (Å²) in [5.41, 5.74) is 0. The van der Waals surface area contributed by atoms with E-state index in [1.165, 1.54) is 0 Å². The third-order valence-electron chi connectivity index (χ3n) is 1.97. The summed E-state index contributed by atoms with van der Waals surface area (Å²) in [7, 11) is 0. The maximum Gasteiger partial charge on any atom is 0.0938 e. The molecule has 0 aromatic rings. The van der Waals surface area contributed by atoms with E-state index in [9.17, 15) is 0 Å². The topological polar surface area (TPSA) is 63.9 Å². The number of nitrogens with zero attached hydrogens (tertiary/aromatic N) is 1. The van der Waals surface area contributed by atoms with Crippen LogP contribution in [0.15, 0.2) is 0 Å². The van der Waals surface area contributed by atoms with Gasteiger partial charge in [-0.3, -0.25) is 4.90 Å². The fraction of sp³-hybridized carbons (Fsp3) is 1.00. The summed E-state index contributed by atoms with van der Waals surface area (Å²) in [5, 5.41) is 26.7. The molecule has 0 radical (unpaired) electrons. The van der Waals surface area contributed by atoms with E-state index in [1.54, 1.807) is 0 Å². The van der Waals surface area contributed by atoms with Crippen LogP contribution in [0.1, 0.15) is 6.42 Å². The lowest BCUT2D eigenvalue weighted by molar-refractivity contribution is 0.0572. The van der Waals surface area contributed by atoms with Crippen LogP contribution in [0.5, 0.6) is 0 Å². The SMILES string of the molecule is OCCCN1CC(O)C(O)C1. The highest BCUT2D eigenvalue weighted by Gasteiger charge is 2.28. The quantitative estimate of drug-likeness (QED) is 0.467. The largest absolute Gasteiger partial charge is 0.396 e. The van der Waals surface area contributed by atoms with Crippen LogP contribution in [0.3, 0.4) is 0 Å². The second-order valence-corrected chi connectivity index (χ2v) is 2.97. The maximum atomic E-state index is 9.11.